The summed E-state index contributed by atoms with van der Waals surface area (Å²) in [5.74, 6) is 0.629. The van der Waals surface area contributed by atoms with Crippen LogP contribution in [0.2, 0.25) is 5.02 Å². The summed E-state index contributed by atoms with van der Waals surface area (Å²) in [7, 11) is 0. The van der Waals surface area contributed by atoms with Crippen molar-refractivity contribution in [3.8, 4) is 10.6 Å². The maximum Gasteiger partial charge on any atom is 0.139 e. The molecule has 3 aromatic heterocycles. The van der Waals surface area contributed by atoms with E-state index in [0.717, 1.165) is 16.2 Å². The van der Waals surface area contributed by atoms with Gasteiger partial charge in [0, 0.05) is 11.1 Å². The summed E-state index contributed by atoms with van der Waals surface area (Å²) < 4.78 is 1.83. The van der Waals surface area contributed by atoms with Crippen LogP contribution in [0, 0.1) is 0 Å². The number of halogens is 1. The van der Waals surface area contributed by atoms with E-state index in [-0.39, 0.29) is 5.41 Å². The van der Waals surface area contributed by atoms with Crippen LogP contribution in [0.1, 0.15) is 25.6 Å². The van der Waals surface area contributed by atoms with Crippen LogP contribution < -0.4 is 5.73 Å². The van der Waals surface area contributed by atoms with Gasteiger partial charge in [-0.15, -0.1) is 11.3 Å². The number of rotatable bonds is 1. The average Bonchev–Trinajstić information content (AvgIpc) is 2.95. The maximum absolute atomic E-state index is 6.21. The van der Waals surface area contributed by atoms with Gasteiger partial charge in [0.15, 0.2) is 0 Å². The molecule has 0 fully saturated rings. The van der Waals surface area contributed by atoms with Crippen molar-refractivity contribution in [2.45, 2.75) is 26.2 Å². The van der Waals surface area contributed by atoms with E-state index < -0.39 is 0 Å². The molecule has 0 radical (unpaired) electrons. The maximum atomic E-state index is 6.21. The van der Waals surface area contributed by atoms with Crippen LogP contribution in [0.5, 0.6) is 0 Å². The van der Waals surface area contributed by atoms with Gasteiger partial charge in [-0.3, -0.25) is 4.40 Å². The molecule has 0 aliphatic heterocycles. The minimum Gasteiger partial charge on any atom is -0.383 e. The zero-order valence-corrected chi connectivity index (χ0v) is 13.2. The molecular weight excluding hydrogens is 290 g/mol. The molecule has 0 aromatic carbocycles. The lowest BCUT2D eigenvalue weighted by Crippen LogP contribution is -2.07. The summed E-state index contributed by atoms with van der Waals surface area (Å²) in [5.41, 5.74) is 7.98. The number of anilines is 1. The van der Waals surface area contributed by atoms with Gasteiger partial charge in [0.05, 0.1) is 9.90 Å². The highest BCUT2D eigenvalue weighted by Crippen LogP contribution is 2.37. The van der Waals surface area contributed by atoms with Gasteiger partial charge < -0.3 is 5.73 Å². The zero-order valence-electron chi connectivity index (χ0n) is 11.6. The molecule has 3 heterocycles. The lowest BCUT2D eigenvalue weighted by Gasteiger charge is -2.15. The first-order chi connectivity index (χ1) is 9.36. The predicted octanol–water partition coefficient (Wildman–Crippen LogP) is 4.60. The Balaban J connectivity index is 2.15. The van der Waals surface area contributed by atoms with Crippen molar-refractivity contribution in [3.63, 3.8) is 0 Å². The average molecular weight is 306 g/mol. The molecule has 0 aliphatic carbocycles. The molecule has 0 atom stereocenters. The summed E-state index contributed by atoms with van der Waals surface area (Å²) in [6, 6.07) is 7.93. The number of hydrogen-bond acceptors (Lipinski definition) is 3. The minimum absolute atomic E-state index is 0.139. The normalized spacial score (nSPS) is 12.2. The van der Waals surface area contributed by atoms with Gasteiger partial charge in [0.1, 0.15) is 17.2 Å². The van der Waals surface area contributed by atoms with Crippen molar-refractivity contribution >= 4 is 34.4 Å². The topological polar surface area (TPSA) is 43.3 Å². The monoisotopic (exact) mass is 305 g/mol. The molecular formula is C15H16ClN3S. The van der Waals surface area contributed by atoms with Crippen molar-refractivity contribution in [3.05, 3.63) is 40.4 Å². The molecule has 0 bridgehead atoms. The molecule has 0 saturated carbocycles. The Morgan fingerprint density at radius 3 is 2.60 bits per heavy atom. The molecule has 3 nitrogen and oxygen atoms in total. The van der Waals surface area contributed by atoms with Crippen molar-refractivity contribution < 1.29 is 0 Å². The first-order valence-corrected chi connectivity index (χ1v) is 7.59. The van der Waals surface area contributed by atoms with Crippen LogP contribution in [0.3, 0.4) is 0 Å². The number of aromatic nitrogens is 2. The third kappa shape index (κ3) is 2.19. The highest BCUT2D eigenvalue weighted by atomic mass is 35.5. The molecule has 3 aromatic rings. The van der Waals surface area contributed by atoms with Gasteiger partial charge in [-0.05, 0) is 29.7 Å². The van der Waals surface area contributed by atoms with E-state index in [2.05, 4.69) is 37.9 Å². The molecule has 3 rings (SSSR count). The SMILES string of the molecule is CC(C)(C)c1ccc(-c2nc3ccc(Cl)cn3c2N)s1. The second-order valence-corrected chi connectivity index (χ2v) is 7.36. The molecule has 5 heteroatoms. The Morgan fingerprint density at radius 2 is 1.95 bits per heavy atom. The highest BCUT2D eigenvalue weighted by molar-refractivity contribution is 7.15. The van der Waals surface area contributed by atoms with Gasteiger partial charge in [0.25, 0.3) is 0 Å². The van der Waals surface area contributed by atoms with E-state index in [1.54, 1.807) is 17.5 Å². The number of hydrogen-bond donors (Lipinski definition) is 1. The van der Waals surface area contributed by atoms with Gasteiger partial charge in [-0.2, -0.15) is 0 Å². The largest absolute Gasteiger partial charge is 0.383 e. The van der Waals surface area contributed by atoms with Crippen LogP contribution in [-0.2, 0) is 5.41 Å². The number of nitrogen functional groups attached to an aromatic ring is 1. The van der Waals surface area contributed by atoms with Crippen molar-refractivity contribution in [2.75, 3.05) is 5.73 Å². The summed E-state index contributed by atoms with van der Waals surface area (Å²) in [4.78, 5) is 7.02. The number of nitrogens with zero attached hydrogens (tertiary/aromatic N) is 2. The van der Waals surface area contributed by atoms with Crippen molar-refractivity contribution in [1.82, 2.24) is 9.38 Å². The number of pyridine rings is 1. The summed E-state index contributed by atoms with van der Waals surface area (Å²) in [6.45, 7) is 6.61. The second-order valence-electron chi connectivity index (χ2n) is 5.84. The Morgan fingerprint density at radius 1 is 1.20 bits per heavy atom. The Kier molecular flexibility index (Phi) is 3.03. The van der Waals surface area contributed by atoms with Crippen LogP contribution in [-0.4, -0.2) is 9.38 Å². The molecule has 0 unspecified atom stereocenters. The fourth-order valence-electron chi connectivity index (χ4n) is 2.09. The van der Waals surface area contributed by atoms with Crippen LogP contribution in [0.4, 0.5) is 5.82 Å². The molecule has 2 N–H and O–H groups in total. The summed E-state index contributed by atoms with van der Waals surface area (Å²) in [6.07, 6.45) is 1.79. The van der Waals surface area contributed by atoms with Crippen molar-refractivity contribution in [2.24, 2.45) is 0 Å². The van der Waals surface area contributed by atoms with E-state index in [1.807, 2.05) is 16.5 Å². The minimum atomic E-state index is 0.139. The summed E-state index contributed by atoms with van der Waals surface area (Å²) >= 11 is 7.75. The van der Waals surface area contributed by atoms with E-state index in [1.165, 1.54) is 4.88 Å². The standard InChI is InChI=1S/C15H16ClN3S/c1-15(2,3)11-6-5-10(20-11)13-14(17)19-8-9(16)4-7-12(19)18-13/h4-8H,17H2,1-3H3. The number of nitrogens with two attached hydrogens (primary N) is 1. The molecule has 20 heavy (non-hydrogen) atoms. The third-order valence-corrected chi connectivity index (χ3v) is 4.94. The van der Waals surface area contributed by atoms with Gasteiger partial charge in [0.2, 0.25) is 0 Å². The molecule has 0 aliphatic rings. The number of thiophene rings is 1. The number of fused-ring (bicyclic) bond motifs is 1. The van der Waals surface area contributed by atoms with E-state index in [0.29, 0.717) is 10.8 Å². The van der Waals surface area contributed by atoms with Gasteiger partial charge in [-0.1, -0.05) is 32.4 Å². The Hall–Kier alpha value is -1.52. The van der Waals surface area contributed by atoms with Crippen molar-refractivity contribution in [1.29, 1.82) is 0 Å². The van der Waals surface area contributed by atoms with E-state index >= 15 is 0 Å². The second kappa shape index (κ2) is 4.50. The predicted molar refractivity (Wildman–Crippen MR) is 86.6 cm³/mol. The quantitative estimate of drug-likeness (QED) is 0.714. The lowest BCUT2D eigenvalue weighted by molar-refractivity contribution is 0.604. The molecule has 0 spiro atoms. The first kappa shape index (κ1) is 13.5. The lowest BCUT2D eigenvalue weighted by atomic mass is 9.95. The molecule has 0 amide bonds. The van der Waals surface area contributed by atoms with Crippen LogP contribution >= 0.6 is 22.9 Å². The third-order valence-electron chi connectivity index (χ3n) is 3.20. The van der Waals surface area contributed by atoms with Crippen LogP contribution in [0.15, 0.2) is 30.5 Å². The fourth-order valence-corrected chi connectivity index (χ4v) is 3.31. The first-order valence-electron chi connectivity index (χ1n) is 6.40. The highest BCUT2D eigenvalue weighted by Gasteiger charge is 2.19. The van der Waals surface area contributed by atoms with Crippen LogP contribution in [0.25, 0.3) is 16.2 Å². The fraction of sp³-hybridized carbons (Fsp3) is 0.267. The summed E-state index contributed by atoms with van der Waals surface area (Å²) in [5, 5.41) is 0.648. The van der Waals surface area contributed by atoms with E-state index in [4.69, 9.17) is 17.3 Å². The molecule has 0 saturated heterocycles. The van der Waals surface area contributed by atoms with Gasteiger partial charge in [-0.25, -0.2) is 4.98 Å². The molecule has 104 valence electrons. The van der Waals surface area contributed by atoms with Gasteiger partial charge >= 0.3 is 0 Å². The van der Waals surface area contributed by atoms with E-state index in [9.17, 15) is 0 Å². The Labute approximate surface area is 127 Å². The smallest absolute Gasteiger partial charge is 0.139 e. The number of imidazole rings is 1. The zero-order chi connectivity index (χ0) is 14.5. The Bertz CT molecular complexity index is 780.